The molecule has 1 N–H and O–H groups in total. The van der Waals surface area contributed by atoms with Crippen molar-refractivity contribution < 1.29 is 27.9 Å². The van der Waals surface area contributed by atoms with Gasteiger partial charge in [-0.15, -0.1) is 0 Å². The van der Waals surface area contributed by atoms with Crippen LogP contribution in [0.3, 0.4) is 0 Å². The molecule has 1 saturated carbocycles. The fraction of sp³-hybridized carbons (Fsp3) is 0.400. The monoisotopic (exact) mass is 473 g/mol. The van der Waals surface area contributed by atoms with Crippen LogP contribution in [0.4, 0.5) is 13.2 Å². The molecule has 34 heavy (non-hydrogen) atoms. The molecule has 0 atom stereocenters. The van der Waals surface area contributed by atoms with Gasteiger partial charge in [0.1, 0.15) is 17.2 Å². The number of carbonyl (C=O) groups excluding carboxylic acids is 1. The third-order valence-electron chi connectivity index (χ3n) is 5.60. The summed E-state index contributed by atoms with van der Waals surface area (Å²) in [7, 11) is 0. The first-order valence-electron chi connectivity index (χ1n) is 11.2. The lowest BCUT2D eigenvalue weighted by molar-refractivity contribution is -0.143. The number of alkyl halides is 3. The van der Waals surface area contributed by atoms with Crippen molar-refractivity contribution in [1.29, 1.82) is 0 Å². The number of hydrogen-bond acceptors (Lipinski definition) is 5. The maximum absolute atomic E-state index is 12.5. The van der Waals surface area contributed by atoms with Crippen LogP contribution in [0.1, 0.15) is 50.7 Å². The second-order valence-corrected chi connectivity index (χ2v) is 8.91. The van der Waals surface area contributed by atoms with E-state index in [1.165, 1.54) is 0 Å². The highest BCUT2D eigenvalue weighted by Crippen LogP contribution is 2.34. The van der Waals surface area contributed by atoms with Crippen molar-refractivity contribution in [3.8, 4) is 17.0 Å². The van der Waals surface area contributed by atoms with Crippen molar-refractivity contribution in [2.75, 3.05) is 0 Å². The molecule has 0 bridgehead atoms. The predicted octanol–water partition coefficient (Wildman–Crippen LogP) is 5.83. The maximum Gasteiger partial charge on any atom is 0.389 e. The number of rotatable bonds is 9. The van der Waals surface area contributed by atoms with E-state index in [0.717, 1.165) is 29.7 Å². The Balaban J connectivity index is 1.65. The number of fused-ring (bicyclic) bond motifs is 1. The molecule has 0 spiro atoms. The number of hydrogen-bond donors (Lipinski definition) is 1. The molecule has 1 aromatic carbocycles. The Morgan fingerprint density at radius 3 is 2.68 bits per heavy atom. The molecule has 2 aromatic heterocycles. The van der Waals surface area contributed by atoms with E-state index < -0.39 is 24.8 Å². The average Bonchev–Trinajstić information content (AvgIpc) is 3.49. The van der Waals surface area contributed by atoms with Gasteiger partial charge in [-0.3, -0.25) is 9.20 Å². The molecule has 1 fully saturated rings. The number of pyridine rings is 1. The van der Waals surface area contributed by atoms with Crippen molar-refractivity contribution in [2.45, 2.75) is 58.2 Å². The van der Waals surface area contributed by atoms with E-state index in [1.807, 2.05) is 42.6 Å². The first-order valence-corrected chi connectivity index (χ1v) is 11.2. The van der Waals surface area contributed by atoms with Gasteiger partial charge >= 0.3 is 6.18 Å². The van der Waals surface area contributed by atoms with Crippen LogP contribution in [-0.4, -0.2) is 38.4 Å². The highest BCUT2D eigenvalue weighted by atomic mass is 19.4. The molecule has 9 heteroatoms. The van der Waals surface area contributed by atoms with Crippen molar-refractivity contribution in [2.24, 2.45) is 11.1 Å². The number of ketones is 1. The van der Waals surface area contributed by atoms with E-state index in [-0.39, 0.29) is 18.4 Å². The van der Waals surface area contributed by atoms with Crippen molar-refractivity contribution >= 4 is 17.1 Å². The van der Waals surface area contributed by atoms with Gasteiger partial charge in [-0.25, -0.2) is 4.98 Å². The number of Topliss-reactive ketones (excluding diaryl/α,β-unsaturated/α-hetero) is 1. The number of nitrogens with zero attached hydrogens (tertiary/aromatic N) is 3. The second kappa shape index (κ2) is 9.48. The van der Waals surface area contributed by atoms with Gasteiger partial charge in [0.05, 0.1) is 30.1 Å². The molecule has 0 amide bonds. The third kappa shape index (κ3) is 5.76. The van der Waals surface area contributed by atoms with Crippen molar-refractivity contribution in [1.82, 2.24) is 9.38 Å². The van der Waals surface area contributed by atoms with Gasteiger partial charge in [-0.2, -0.15) is 13.2 Å². The minimum absolute atomic E-state index is 0.114. The SMILES string of the molecule is CC(C)Oc1cc(CC(=O)CCC(F)(F)F)cc(-c2cnc3cc(/C(=N/O)C4CC4)ccn23)c1. The number of ether oxygens (including phenoxy) is 1. The summed E-state index contributed by atoms with van der Waals surface area (Å²) in [6.45, 7) is 3.74. The lowest BCUT2D eigenvalue weighted by Gasteiger charge is -2.14. The standard InChI is InChI=1S/C25H26F3N3O3/c1-15(2)34-21-11-16(10-20(32)5-7-25(26,27)28)9-19(12-21)22-14-29-23-13-18(6-8-31(22)23)24(30-33)17-3-4-17/h6,8-9,11-15,17,33H,3-5,7,10H2,1-2H3/b30-24+. The van der Waals surface area contributed by atoms with Crippen LogP contribution in [-0.2, 0) is 11.2 Å². The van der Waals surface area contributed by atoms with Gasteiger partial charge in [-0.1, -0.05) is 5.16 Å². The molecule has 180 valence electrons. The Morgan fingerprint density at radius 1 is 1.26 bits per heavy atom. The minimum Gasteiger partial charge on any atom is -0.491 e. The lowest BCUT2D eigenvalue weighted by atomic mass is 10.0. The van der Waals surface area contributed by atoms with Gasteiger partial charge in [-0.05, 0) is 62.6 Å². The first-order chi connectivity index (χ1) is 16.1. The number of halogens is 3. The van der Waals surface area contributed by atoms with Crippen LogP contribution in [0.15, 0.2) is 47.9 Å². The lowest BCUT2D eigenvalue weighted by Crippen LogP contribution is -2.12. The summed E-state index contributed by atoms with van der Waals surface area (Å²) in [6, 6.07) is 9.01. The molecule has 0 saturated heterocycles. The van der Waals surface area contributed by atoms with Gasteiger partial charge in [0.15, 0.2) is 0 Å². The van der Waals surface area contributed by atoms with E-state index in [4.69, 9.17) is 4.74 Å². The summed E-state index contributed by atoms with van der Waals surface area (Å²) in [5, 5.41) is 12.9. The molecular weight excluding hydrogens is 447 g/mol. The fourth-order valence-electron chi connectivity index (χ4n) is 3.93. The Kier molecular flexibility index (Phi) is 6.63. The van der Waals surface area contributed by atoms with E-state index in [2.05, 4.69) is 10.1 Å². The Hall–Kier alpha value is -3.36. The van der Waals surface area contributed by atoms with Gasteiger partial charge in [0, 0.05) is 36.1 Å². The number of aromatic nitrogens is 2. The molecular formula is C25H26F3N3O3. The Labute approximate surface area is 195 Å². The average molecular weight is 473 g/mol. The topological polar surface area (TPSA) is 76.2 Å². The number of oxime groups is 1. The number of imidazole rings is 1. The van der Waals surface area contributed by atoms with E-state index in [1.54, 1.807) is 18.3 Å². The molecule has 0 unspecified atom stereocenters. The molecule has 2 heterocycles. The van der Waals surface area contributed by atoms with Gasteiger partial charge in [0.25, 0.3) is 0 Å². The van der Waals surface area contributed by atoms with Crippen molar-refractivity contribution in [3.63, 3.8) is 0 Å². The summed E-state index contributed by atoms with van der Waals surface area (Å²) < 4.78 is 45.2. The quantitative estimate of drug-likeness (QED) is 0.241. The molecule has 3 aromatic rings. The molecule has 0 aliphatic heterocycles. The zero-order chi connectivity index (χ0) is 24.5. The summed E-state index contributed by atoms with van der Waals surface area (Å²) >= 11 is 0. The summed E-state index contributed by atoms with van der Waals surface area (Å²) in [4.78, 5) is 16.7. The molecule has 6 nitrogen and oxygen atoms in total. The highest BCUT2D eigenvalue weighted by molar-refractivity contribution is 6.03. The van der Waals surface area contributed by atoms with Crippen LogP contribution in [0, 0.1) is 5.92 Å². The minimum atomic E-state index is -4.36. The fourth-order valence-corrected chi connectivity index (χ4v) is 3.93. The molecule has 0 radical (unpaired) electrons. The van der Waals surface area contributed by atoms with Crippen LogP contribution in [0.2, 0.25) is 0 Å². The van der Waals surface area contributed by atoms with E-state index in [0.29, 0.717) is 22.7 Å². The van der Waals surface area contributed by atoms with E-state index >= 15 is 0 Å². The summed E-state index contributed by atoms with van der Waals surface area (Å²) in [5.41, 5.74) is 4.17. The summed E-state index contributed by atoms with van der Waals surface area (Å²) in [6.07, 6.45) is -0.753. The molecule has 1 aliphatic carbocycles. The summed E-state index contributed by atoms with van der Waals surface area (Å²) in [5.74, 6) is 0.314. The number of carbonyl (C=O) groups is 1. The van der Waals surface area contributed by atoms with Gasteiger partial charge in [0.2, 0.25) is 0 Å². The first kappa shape index (κ1) is 23.8. The van der Waals surface area contributed by atoms with E-state index in [9.17, 15) is 23.2 Å². The zero-order valence-electron chi connectivity index (χ0n) is 19.0. The normalized spacial score (nSPS) is 14.7. The largest absolute Gasteiger partial charge is 0.491 e. The van der Waals surface area contributed by atoms with Crippen LogP contribution in [0.25, 0.3) is 16.9 Å². The second-order valence-electron chi connectivity index (χ2n) is 8.91. The smallest absolute Gasteiger partial charge is 0.389 e. The van der Waals surface area contributed by atoms with Crippen LogP contribution < -0.4 is 4.74 Å². The zero-order valence-corrected chi connectivity index (χ0v) is 19.0. The van der Waals surface area contributed by atoms with Gasteiger partial charge < -0.3 is 9.94 Å². The maximum atomic E-state index is 12.5. The highest BCUT2D eigenvalue weighted by Gasteiger charge is 2.30. The predicted molar refractivity (Wildman–Crippen MR) is 121 cm³/mol. The van der Waals surface area contributed by atoms with Crippen LogP contribution >= 0.6 is 0 Å². The van der Waals surface area contributed by atoms with Crippen molar-refractivity contribution in [3.05, 3.63) is 53.9 Å². The van der Waals surface area contributed by atoms with Crippen LogP contribution in [0.5, 0.6) is 5.75 Å². The molecule has 4 rings (SSSR count). The molecule has 1 aliphatic rings. The third-order valence-corrected chi connectivity index (χ3v) is 5.60. The number of benzene rings is 1. The Morgan fingerprint density at radius 2 is 2.03 bits per heavy atom. The Bertz CT molecular complexity index is 1230.